The van der Waals surface area contributed by atoms with Crippen LogP contribution >= 0.6 is 0 Å². The van der Waals surface area contributed by atoms with E-state index in [1.54, 1.807) is 0 Å². The molecular weight excluding hydrogens is 248 g/mol. The van der Waals surface area contributed by atoms with E-state index in [1.165, 1.54) is 32.1 Å². The second-order valence-corrected chi connectivity index (χ2v) is 6.24. The SMILES string of the molecule is C#CCN1CCCCC1C(=O)NC1CCCCCCC1. The molecular formula is C17H28N2O. The molecule has 1 saturated heterocycles. The molecule has 0 spiro atoms. The molecule has 1 aliphatic heterocycles. The van der Waals surface area contributed by atoms with Crippen LogP contribution in [0.1, 0.15) is 64.2 Å². The maximum Gasteiger partial charge on any atom is 0.237 e. The van der Waals surface area contributed by atoms with Crippen LogP contribution in [0.15, 0.2) is 0 Å². The van der Waals surface area contributed by atoms with Crippen LogP contribution in [0.25, 0.3) is 0 Å². The average Bonchev–Trinajstić information content (AvgIpc) is 2.42. The molecule has 3 nitrogen and oxygen atoms in total. The molecule has 1 N–H and O–H groups in total. The number of piperidine rings is 1. The van der Waals surface area contributed by atoms with Gasteiger partial charge in [0.1, 0.15) is 0 Å². The molecule has 2 fully saturated rings. The highest BCUT2D eigenvalue weighted by atomic mass is 16.2. The largest absolute Gasteiger partial charge is 0.352 e. The van der Waals surface area contributed by atoms with Gasteiger partial charge in [-0.05, 0) is 32.2 Å². The fraction of sp³-hybridized carbons (Fsp3) is 0.824. The summed E-state index contributed by atoms with van der Waals surface area (Å²) >= 11 is 0. The van der Waals surface area contributed by atoms with Gasteiger partial charge in [0, 0.05) is 6.04 Å². The monoisotopic (exact) mass is 276 g/mol. The Morgan fingerprint density at radius 1 is 1.05 bits per heavy atom. The fourth-order valence-electron chi connectivity index (χ4n) is 3.49. The normalized spacial score (nSPS) is 26.2. The van der Waals surface area contributed by atoms with Crippen molar-refractivity contribution >= 4 is 5.91 Å². The Kier molecular flexibility index (Phi) is 6.39. The molecule has 1 heterocycles. The summed E-state index contributed by atoms with van der Waals surface area (Å²) in [7, 11) is 0. The van der Waals surface area contributed by atoms with Gasteiger partial charge < -0.3 is 5.32 Å². The Labute approximate surface area is 123 Å². The van der Waals surface area contributed by atoms with Crippen LogP contribution in [0.5, 0.6) is 0 Å². The number of amides is 1. The summed E-state index contributed by atoms with van der Waals surface area (Å²) in [5, 5.41) is 3.30. The van der Waals surface area contributed by atoms with Crippen LogP contribution in [0.4, 0.5) is 0 Å². The molecule has 1 unspecified atom stereocenters. The van der Waals surface area contributed by atoms with Crippen LogP contribution < -0.4 is 5.32 Å². The summed E-state index contributed by atoms with van der Waals surface area (Å²) < 4.78 is 0. The number of rotatable bonds is 3. The lowest BCUT2D eigenvalue weighted by Crippen LogP contribution is -2.51. The van der Waals surface area contributed by atoms with Gasteiger partial charge in [0.2, 0.25) is 5.91 Å². The Morgan fingerprint density at radius 3 is 2.40 bits per heavy atom. The summed E-state index contributed by atoms with van der Waals surface area (Å²) in [6.45, 7) is 1.57. The molecule has 0 aromatic heterocycles. The maximum absolute atomic E-state index is 12.5. The van der Waals surface area contributed by atoms with Gasteiger partial charge in [-0.2, -0.15) is 0 Å². The van der Waals surface area contributed by atoms with Crippen LogP contribution in [0.3, 0.4) is 0 Å². The molecule has 1 atom stereocenters. The van der Waals surface area contributed by atoms with Gasteiger partial charge in [0.25, 0.3) is 0 Å². The highest BCUT2D eigenvalue weighted by Crippen LogP contribution is 2.20. The third kappa shape index (κ3) is 4.52. The Morgan fingerprint density at radius 2 is 1.70 bits per heavy atom. The molecule has 1 aliphatic carbocycles. The van der Waals surface area contributed by atoms with E-state index in [4.69, 9.17) is 6.42 Å². The van der Waals surface area contributed by atoms with Gasteiger partial charge in [0.05, 0.1) is 12.6 Å². The topological polar surface area (TPSA) is 32.3 Å². The van der Waals surface area contributed by atoms with E-state index in [2.05, 4.69) is 16.1 Å². The van der Waals surface area contributed by atoms with E-state index in [1.807, 2.05) is 0 Å². The number of likely N-dealkylation sites (tertiary alicyclic amines) is 1. The minimum atomic E-state index is 0.00485. The van der Waals surface area contributed by atoms with Crippen molar-refractivity contribution in [2.24, 2.45) is 0 Å². The smallest absolute Gasteiger partial charge is 0.237 e. The molecule has 0 aromatic carbocycles. The fourth-order valence-corrected chi connectivity index (χ4v) is 3.49. The molecule has 1 saturated carbocycles. The van der Waals surface area contributed by atoms with Crippen molar-refractivity contribution in [1.29, 1.82) is 0 Å². The third-order valence-electron chi connectivity index (χ3n) is 4.66. The van der Waals surface area contributed by atoms with Crippen molar-refractivity contribution in [3.05, 3.63) is 0 Å². The van der Waals surface area contributed by atoms with Gasteiger partial charge in [-0.15, -0.1) is 6.42 Å². The first-order chi connectivity index (χ1) is 9.81. The van der Waals surface area contributed by atoms with Crippen molar-refractivity contribution in [1.82, 2.24) is 10.2 Å². The molecule has 20 heavy (non-hydrogen) atoms. The Balaban J connectivity index is 1.86. The number of nitrogens with one attached hydrogen (secondary N) is 1. The molecule has 112 valence electrons. The predicted molar refractivity (Wildman–Crippen MR) is 82.3 cm³/mol. The molecule has 2 aliphatic rings. The quantitative estimate of drug-likeness (QED) is 0.804. The average molecular weight is 276 g/mol. The highest BCUT2D eigenvalue weighted by molar-refractivity contribution is 5.82. The lowest BCUT2D eigenvalue weighted by atomic mass is 9.95. The number of carbonyl (C=O) groups is 1. The second kappa shape index (κ2) is 8.32. The van der Waals surface area contributed by atoms with Crippen LogP contribution in [0.2, 0.25) is 0 Å². The van der Waals surface area contributed by atoms with E-state index >= 15 is 0 Å². The van der Waals surface area contributed by atoms with E-state index in [9.17, 15) is 4.79 Å². The Bertz CT molecular complexity index is 339. The van der Waals surface area contributed by atoms with Gasteiger partial charge in [-0.25, -0.2) is 0 Å². The minimum absolute atomic E-state index is 0.00485. The van der Waals surface area contributed by atoms with Crippen LogP contribution in [0, 0.1) is 12.3 Å². The van der Waals surface area contributed by atoms with Gasteiger partial charge >= 0.3 is 0 Å². The lowest BCUT2D eigenvalue weighted by Gasteiger charge is -2.34. The maximum atomic E-state index is 12.5. The van der Waals surface area contributed by atoms with Crippen molar-refractivity contribution in [3.8, 4) is 12.3 Å². The number of carbonyl (C=O) groups excluding carboxylic acids is 1. The molecule has 0 bridgehead atoms. The van der Waals surface area contributed by atoms with Crippen molar-refractivity contribution < 1.29 is 4.79 Å². The zero-order valence-corrected chi connectivity index (χ0v) is 12.6. The van der Waals surface area contributed by atoms with E-state index in [0.717, 1.165) is 38.6 Å². The first-order valence-electron chi connectivity index (χ1n) is 8.29. The molecule has 1 amide bonds. The van der Waals surface area contributed by atoms with E-state index < -0.39 is 0 Å². The highest BCUT2D eigenvalue weighted by Gasteiger charge is 2.29. The van der Waals surface area contributed by atoms with Crippen molar-refractivity contribution in [3.63, 3.8) is 0 Å². The summed E-state index contributed by atoms with van der Waals surface area (Å²) in [6.07, 6.45) is 17.5. The molecule has 2 rings (SSSR count). The lowest BCUT2D eigenvalue weighted by molar-refractivity contribution is -0.128. The third-order valence-corrected chi connectivity index (χ3v) is 4.66. The molecule has 0 radical (unpaired) electrons. The molecule has 3 heteroatoms. The number of hydrogen-bond acceptors (Lipinski definition) is 2. The number of hydrogen-bond donors (Lipinski definition) is 1. The first-order valence-corrected chi connectivity index (χ1v) is 8.29. The van der Waals surface area contributed by atoms with Gasteiger partial charge in [-0.3, -0.25) is 9.69 Å². The zero-order chi connectivity index (χ0) is 14.2. The summed E-state index contributed by atoms with van der Waals surface area (Å²) in [5.41, 5.74) is 0. The number of terminal acetylenes is 1. The second-order valence-electron chi connectivity index (χ2n) is 6.24. The first kappa shape index (κ1) is 15.4. The minimum Gasteiger partial charge on any atom is -0.352 e. The van der Waals surface area contributed by atoms with E-state index in [0.29, 0.717) is 12.6 Å². The Hall–Kier alpha value is -1.01. The zero-order valence-electron chi connectivity index (χ0n) is 12.6. The van der Waals surface area contributed by atoms with Crippen LogP contribution in [-0.4, -0.2) is 36.0 Å². The van der Waals surface area contributed by atoms with Gasteiger partial charge in [0.15, 0.2) is 0 Å². The predicted octanol–water partition coefficient (Wildman–Crippen LogP) is 2.70. The summed E-state index contributed by atoms with van der Waals surface area (Å²) in [5.74, 6) is 2.90. The number of nitrogens with zero attached hydrogens (tertiary/aromatic N) is 1. The van der Waals surface area contributed by atoms with Crippen molar-refractivity contribution in [2.45, 2.75) is 76.3 Å². The van der Waals surface area contributed by atoms with Gasteiger partial charge in [-0.1, -0.05) is 44.4 Å². The summed E-state index contributed by atoms with van der Waals surface area (Å²) in [6, 6.07) is 0.391. The van der Waals surface area contributed by atoms with Crippen LogP contribution in [-0.2, 0) is 4.79 Å². The summed E-state index contributed by atoms with van der Waals surface area (Å²) in [4.78, 5) is 14.7. The molecule has 0 aromatic rings. The standard InChI is InChI=1S/C17H28N2O/c1-2-13-19-14-9-8-12-16(19)17(20)18-15-10-6-4-3-5-7-11-15/h1,15-16H,3-14H2,(H,18,20). The van der Waals surface area contributed by atoms with Crippen molar-refractivity contribution in [2.75, 3.05) is 13.1 Å². The van der Waals surface area contributed by atoms with E-state index in [-0.39, 0.29) is 11.9 Å².